The molecule has 1 N–H and O–H groups in total. The van der Waals surface area contributed by atoms with Crippen LogP contribution in [0.5, 0.6) is 0 Å². The summed E-state index contributed by atoms with van der Waals surface area (Å²) in [4.78, 5) is 16.5. The Hall–Kier alpha value is -2.21. The number of nitrogens with one attached hydrogen (secondary N) is 1. The van der Waals surface area contributed by atoms with Gasteiger partial charge in [0.2, 0.25) is 0 Å². The second-order valence-corrected chi connectivity index (χ2v) is 7.24. The molecule has 2 aromatic rings. The lowest BCUT2D eigenvalue weighted by Gasteiger charge is -2.14. The third-order valence-electron chi connectivity index (χ3n) is 3.33. The number of hydrogen-bond donors (Lipinski definition) is 1. The Morgan fingerprint density at radius 2 is 1.77 bits per heavy atom. The molecule has 1 aromatic heterocycles. The molecule has 1 atom stereocenters. The summed E-state index contributed by atoms with van der Waals surface area (Å²) >= 11 is 0. The number of benzene rings is 1. The third-order valence-corrected chi connectivity index (χ3v) is 4.46. The number of carbonyl (C=O) groups excluding carboxylic acids is 1. The van der Waals surface area contributed by atoms with Crippen LogP contribution in [0.3, 0.4) is 0 Å². The Balaban J connectivity index is 2.10. The van der Waals surface area contributed by atoms with Gasteiger partial charge in [0.05, 0.1) is 16.5 Å². The predicted molar refractivity (Wildman–Crippen MR) is 84.4 cm³/mol. The first-order chi connectivity index (χ1) is 10.3. The summed E-state index contributed by atoms with van der Waals surface area (Å²) in [5, 5.41) is 2.86. The molecule has 0 unspecified atom stereocenters. The zero-order chi connectivity index (χ0) is 16.3. The maximum Gasteiger partial charge on any atom is 0.253 e. The van der Waals surface area contributed by atoms with Crippen LogP contribution in [0.25, 0.3) is 0 Å². The van der Waals surface area contributed by atoms with Crippen LogP contribution in [0.1, 0.15) is 34.6 Å². The molecule has 116 valence electrons. The summed E-state index contributed by atoms with van der Waals surface area (Å²) in [5.74, 6) is -0.216. The van der Waals surface area contributed by atoms with E-state index < -0.39 is 9.84 Å². The average molecular weight is 318 g/mol. The molecule has 0 aliphatic heterocycles. The van der Waals surface area contributed by atoms with Gasteiger partial charge in [-0.1, -0.05) is 12.1 Å². The fourth-order valence-electron chi connectivity index (χ4n) is 1.97. The standard InChI is InChI=1S/C16H18N2O3S/c1-11-4-5-14(10-17-11)16(19)18-12(2)13-6-8-15(9-7-13)22(3,20)21/h4-10,12H,1-3H3,(H,18,19)/t12-/m1/s1. The van der Waals surface area contributed by atoms with E-state index in [0.717, 1.165) is 17.5 Å². The molecule has 0 radical (unpaired) electrons. The summed E-state index contributed by atoms with van der Waals surface area (Å²) in [5.41, 5.74) is 2.17. The van der Waals surface area contributed by atoms with Crippen molar-refractivity contribution in [1.29, 1.82) is 0 Å². The summed E-state index contributed by atoms with van der Waals surface area (Å²) in [6, 6.07) is 9.75. The predicted octanol–water partition coefficient (Wildman–Crippen LogP) is 2.28. The van der Waals surface area contributed by atoms with Gasteiger partial charge in [0, 0.05) is 18.1 Å². The van der Waals surface area contributed by atoms with Gasteiger partial charge in [0.1, 0.15) is 0 Å². The van der Waals surface area contributed by atoms with E-state index in [4.69, 9.17) is 0 Å². The number of aromatic nitrogens is 1. The first kappa shape index (κ1) is 16.2. The molecule has 0 aliphatic carbocycles. The SMILES string of the molecule is Cc1ccc(C(=O)N[C@H](C)c2ccc(S(C)(=O)=O)cc2)cn1. The maximum absolute atomic E-state index is 12.1. The largest absolute Gasteiger partial charge is 0.345 e. The molecular weight excluding hydrogens is 300 g/mol. The van der Waals surface area contributed by atoms with E-state index in [0.29, 0.717) is 5.56 Å². The van der Waals surface area contributed by atoms with E-state index in [2.05, 4.69) is 10.3 Å². The molecule has 0 saturated heterocycles. The lowest BCUT2D eigenvalue weighted by molar-refractivity contribution is 0.0939. The normalized spacial score (nSPS) is 12.7. The fourth-order valence-corrected chi connectivity index (χ4v) is 2.60. The number of carbonyl (C=O) groups is 1. The van der Waals surface area contributed by atoms with Crippen molar-refractivity contribution in [2.75, 3.05) is 6.26 Å². The van der Waals surface area contributed by atoms with Crippen LogP contribution in [0.4, 0.5) is 0 Å². The van der Waals surface area contributed by atoms with Gasteiger partial charge in [-0.05, 0) is 43.7 Å². The second kappa shape index (κ2) is 6.27. The van der Waals surface area contributed by atoms with E-state index in [-0.39, 0.29) is 16.8 Å². The summed E-state index contributed by atoms with van der Waals surface area (Å²) in [6.07, 6.45) is 2.70. The van der Waals surface area contributed by atoms with Crippen LogP contribution in [-0.4, -0.2) is 25.6 Å². The fraction of sp³-hybridized carbons (Fsp3) is 0.250. The van der Waals surface area contributed by atoms with Gasteiger partial charge in [-0.3, -0.25) is 9.78 Å². The van der Waals surface area contributed by atoms with Crippen molar-refractivity contribution >= 4 is 15.7 Å². The van der Waals surface area contributed by atoms with Crippen molar-refractivity contribution in [3.05, 3.63) is 59.4 Å². The van der Waals surface area contributed by atoms with Gasteiger partial charge in [-0.25, -0.2) is 8.42 Å². The van der Waals surface area contributed by atoms with E-state index >= 15 is 0 Å². The molecule has 0 saturated carbocycles. The Bertz CT molecular complexity index is 766. The molecule has 0 fully saturated rings. The average Bonchev–Trinajstić information content (AvgIpc) is 2.47. The highest BCUT2D eigenvalue weighted by molar-refractivity contribution is 7.90. The zero-order valence-corrected chi connectivity index (χ0v) is 13.5. The van der Waals surface area contributed by atoms with E-state index in [1.165, 1.54) is 6.20 Å². The number of aryl methyl sites for hydroxylation is 1. The van der Waals surface area contributed by atoms with E-state index in [1.54, 1.807) is 36.4 Å². The van der Waals surface area contributed by atoms with Crippen molar-refractivity contribution in [1.82, 2.24) is 10.3 Å². The number of nitrogens with zero attached hydrogens (tertiary/aromatic N) is 1. The quantitative estimate of drug-likeness (QED) is 0.938. The Labute approximate surface area is 130 Å². The van der Waals surface area contributed by atoms with Crippen molar-refractivity contribution in [3.63, 3.8) is 0 Å². The summed E-state index contributed by atoms with van der Waals surface area (Å²) in [7, 11) is -3.21. The molecule has 5 nitrogen and oxygen atoms in total. The van der Waals surface area contributed by atoms with Crippen LogP contribution in [0.15, 0.2) is 47.5 Å². The van der Waals surface area contributed by atoms with Crippen LogP contribution in [-0.2, 0) is 9.84 Å². The van der Waals surface area contributed by atoms with Crippen LogP contribution < -0.4 is 5.32 Å². The molecule has 2 rings (SSSR count). The Morgan fingerprint density at radius 3 is 2.27 bits per heavy atom. The Kier molecular flexibility index (Phi) is 4.61. The summed E-state index contributed by atoms with van der Waals surface area (Å²) in [6.45, 7) is 3.70. The minimum absolute atomic E-state index is 0.216. The lowest BCUT2D eigenvalue weighted by atomic mass is 10.1. The minimum atomic E-state index is -3.21. The molecule has 1 aromatic carbocycles. The molecule has 0 aliphatic rings. The van der Waals surface area contributed by atoms with Crippen LogP contribution in [0.2, 0.25) is 0 Å². The van der Waals surface area contributed by atoms with Gasteiger partial charge in [0.25, 0.3) is 5.91 Å². The topological polar surface area (TPSA) is 76.1 Å². The number of hydrogen-bond acceptors (Lipinski definition) is 4. The van der Waals surface area contributed by atoms with E-state index in [9.17, 15) is 13.2 Å². The number of rotatable bonds is 4. The molecule has 0 spiro atoms. The van der Waals surface area contributed by atoms with Gasteiger partial charge in [-0.2, -0.15) is 0 Å². The molecule has 6 heteroatoms. The van der Waals surface area contributed by atoms with Gasteiger partial charge in [0.15, 0.2) is 9.84 Å². The molecule has 22 heavy (non-hydrogen) atoms. The smallest absolute Gasteiger partial charge is 0.253 e. The highest BCUT2D eigenvalue weighted by atomic mass is 32.2. The first-order valence-corrected chi connectivity index (χ1v) is 8.70. The van der Waals surface area contributed by atoms with Gasteiger partial charge in [-0.15, -0.1) is 0 Å². The number of amides is 1. The maximum atomic E-state index is 12.1. The third kappa shape index (κ3) is 3.92. The number of sulfone groups is 1. The minimum Gasteiger partial charge on any atom is -0.345 e. The second-order valence-electron chi connectivity index (χ2n) is 5.22. The van der Waals surface area contributed by atoms with Crippen LogP contribution in [0, 0.1) is 6.92 Å². The summed E-state index contributed by atoms with van der Waals surface area (Å²) < 4.78 is 22.9. The highest BCUT2D eigenvalue weighted by Gasteiger charge is 2.13. The number of pyridine rings is 1. The molecular formula is C16H18N2O3S. The van der Waals surface area contributed by atoms with Gasteiger partial charge >= 0.3 is 0 Å². The first-order valence-electron chi connectivity index (χ1n) is 6.81. The Morgan fingerprint density at radius 1 is 1.14 bits per heavy atom. The van der Waals surface area contributed by atoms with Crippen molar-refractivity contribution in [2.24, 2.45) is 0 Å². The zero-order valence-electron chi connectivity index (χ0n) is 12.7. The van der Waals surface area contributed by atoms with Crippen molar-refractivity contribution < 1.29 is 13.2 Å². The molecule has 1 amide bonds. The van der Waals surface area contributed by atoms with Crippen molar-refractivity contribution in [3.8, 4) is 0 Å². The molecule has 1 heterocycles. The van der Waals surface area contributed by atoms with E-state index in [1.807, 2.05) is 13.8 Å². The van der Waals surface area contributed by atoms with Crippen molar-refractivity contribution in [2.45, 2.75) is 24.8 Å². The lowest BCUT2D eigenvalue weighted by Crippen LogP contribution is -2.26. The van der Waals surface area contributed by atoms with Crippen LogP contribution >= 0.6 is 0 Å². The monoisotopic (exact) mass is 318 g/mol. The highest BCUT2D eigenvalue weighted by Crippen LogP contribution is 2.16. The van der Waals surface area contributed by atoms with Gasteiger partial charge < -0.3 is 5.32 Å². The molecule has 0 bridgehead atoms.